The van der Waals surface area contributed by atoms with Crippen molar-refractivity contribution in [3.05, 3.63) is 36.9 Å². The molecule has 3 heteroatoms. The van der Waals surface area contributed by atoms with Gasteiger partial charge in [-0.3, -0.25) is 0 Å². The molecule has 16 heavy (non-hydrogen) atoms. The topological polar surface area (TPSA) is 34.4 Å². The van der Waals surface area contributed by atoms with Crippen LogP contribution in [0.5, 0.6) is 0 Å². The van der Waals surface area contributed by atoms with Crippen LogP contribution in [0.15, 0.2) is 29.4 Å². The Morgan fingerprint density at radius 2 is 2.31 bits per heavy atom. The minimum absolute atomic E-state index is 0.683. The molecule has 1 aromatic carbocycles. The summed E-state index contributed by atoms with van der Waals surface area (Å²) in [6.07, 6.45) is 4.28. The van der Waals surface area contributed by atoms with Gasteiger partial charge in [-0.2, -0.15) is 4.99 Å². The van der Waals surface area contributed by atoms with E-state index in [0.717, 1.165) is 29.4 Å². The lowest BCUT2D eigenvalue weighted by Gasteiger charge is -2.01. The van der Waals surface area contributed by atoms with Gasteiger partial charge in [0, 0.05) is 18.1 Å². The number of hydrogen-bond donors (Lipinski definition) is 0. The van der Waals surface area contributed by atoms with Crippen molar-refractivity contribution in [1.29, 1.82) is 0 Å². The van der Waals surface area contributed by atoms with Gasteiger partial charge in [0.1, 0.15) is 5.69 Å². The average Bonchev–Trinajstić information content (AvgIpc) is 2.58. The molecule has 2 aromatic rings. The molecule has 81 valence electrons. The van der Waals surface area contributed by atoms with Gasteiger partial charge in [0.15, 0.2) is 0 Å². The van der Waals surface area contributed by atoms with Crippen LogP contribution in [0.1, 0.15) is 12.0 Å². The summed E-state index contributed by atoms with van der Waals surface area (Å²) < 4.78 is 2.07. The number of fused-ring (bicyclic) bond motifs is 1. The molecule has 3 nitrogen and oxygen atoms in total. The zero-order valence-electron chi connectivity index (χ0n) is 9.23. The summed E-state index contributed by atoms with van der Waals surface area (Å²) in [7, 11) is 0. The van der Waals surface area contributed by atoms with Gasteiger partial charge < -0.3 is 4.57 Å². The fraction of sp³-hybridized carbons (Fsp3) is 0.231. The normalized spacial score (nSPS) is 10.4. The molecule has 1 heterocycles. The predicted octanol–water partition coefficient (Wildman–Crippen LogP) is 3.14. The molecule has 0 amide bonds. The highest BCUT2D eigenvalue weighted by Crippen LogP contribution is 2.29. The Bertz CT molecular complexity index is 563. The Morgan fingerprint density at radius 1 is 1.50 bits per heavy atom. The molecule has 0 fully saturated rings. The minimum Gasteiger partial charge on any atom is -0.345 e. The van der Waals surface area contributed by atoms with Crippen LogP contribution in [0, 0.1) is 13.8 Å². The van der Waals surface area contributed by atoms with Gasteiger partial charge in [0.05, 0.1) is 5.52 Å². The van der Waals surface area contributed by atoms with Crippen molar-refractivity contribution >= 4 is 22.7 Å². The number of aromatic nitrogens is 1. The zero-order chi connectivity index (χ0) is 11.5. The average molecular weight is 213 g/mol. The quantitative estimate of drug-likeness (QED) is 0.569. The fourth-order valence-corrected chi connectivity index (χ4v) is 1.89. The SMILES string of the molecule is [CH2]CCn1cc(N=C=O)c2cc(C)ccc21. The highest BCUT2D eigenvalue weighted by Gasteiger charge is 2.07. The lowest BCUT2D eigenvalue weighted by Crippen LogP contribution is -1.93. The van der Waals surface area contributed by atoms with E-state index in [1.54, 1.807) is 6.08 Å². The number of carbonyl (C=O) groups excluding carboxylic acids is 1. The highest BCUT2D eigenvalue weighted by atomic mass is 16.1. The summed E-state index contributed by atoms with van der Waals surface area (Å²) >= 11 is 0. The van der Waals surface area contributed by atoms with Gasteiger partial charge in [-0.1, -0.05) is 18.6 Å². The monoisotopic (exact) mass is 213 g/mol. The second kappa shape index (κ2) is 4.33. The maximum atomic E-state index is 10.4. The number of isocyanates is 1. The molecule has 0 spiro atoms. The van der Waals surface area contributed by atoms with Gasteiger partial charge in [0.2, 0.25) is 6.08 Å². The lowest BCUT2D eigenvalue weighted by molar-refractivity contribution is 0.565. The molecule has 0 bridgehead atoms. The lowest BCUT2D eigenvalue weighted by atomic mass is 10.1. The third-order valence-electron chi connectivity index (χ3n) is 2.58. The van der Waals surface area contributed by atoms with E-state index in [-0.39, 0.29) is 0 Å². The van der Waals surface area contributed by atoms with Crippen LogP contribution in [0.4, 0.5) is 5.69 Å². The summed E-state index contributed by atoms with van der Waals surface area (Å²) in [5, 5.41) is 0.997. The number of rotatable bonds is 3. The van der Waals surface area contributed by atoms with E-state index in [1.165, 1.54) is 0 Å². The van der Waals surface area contributed by atoms with Crippen molar-refractivity contribution in [2.75, 3.05) is 0 Å². The van der Waals surface area contributed by atoms with E-state index in [0.29, 0.717) is 5.69 Å². The molecule has 1 radical (unpaired) electrons. The second-order valence-electron chi connectivity index (χ2n) is 3.78. The van der Waals surface area contributed by atoms with Crippen LogP contribution in [0.2, 0.25) is 0 Å². The first-order valence-corrected chi connectivity index (χ1v) is 5.23. The first-order chi connectivity index (χ1) is 7.76. The summed E-state index contributed by atoms with van der Waals surface area (Å²) in [4.78, 5) is 14.1. The molecule has 0 aliphatic rings. The van der Waals surface area contributed by atoms with E-state index in [9.17, 15) is 4.79 Å². The van der Waals surface area contributed by atoms with Crippen LogP contribution in [-0.4, -0.2) is 10.6 Å². The van der Waals surface area contributed by atoms with Crippen LogP contribution in [-0.2, 0) is 11.3 Å². The van der Waals surface area contributed by atoms with E-state index < -0.39 is 0 Å². The van der Waals surface area contributed by atoms with Crippen molar-refractivity contribution in [1.82, 2.24) is 4.57 Å². The molecule has 0 aliphatic heterocycles. The standard InChI is InChI=1S/C13H13N2O/c1-3-6-15-8-12(14-9-16)11-7-10(2)4-5-13(11)15/h4-5,7-8H,1,3,6H2,2H3. The molecular formula is C13H13N2O. The maximum Gasteiger partial charge on any atom is 0.240 e. The molecule has 2 rings (SSSR count). The van der Waals surface area contributed by atoms with E-state index in [2.05, 4.69) is 22.5 Å². The highest BCUT2D eigenvalue weighted by molar-refractivity contribution is 5.92. The van der Waals surface area contributed by atoms with Crippen molar-refractivity contribution < 1.29 is 4.79 Å². The summed E-state index contributed by atoms with van der Waals surface area (Å²) in [6, 6.07) is 6.13. The Hall–Kier alpha value is -1.86. The Balaban J connectivity index is 2.70. The van der Waals surface area contributed by atoms with Crippen molar-refractivity contribution in [2.45, 2.75) is 19.9 Å². The fourth-order valence-electron chi connectivity index (χ4n) is 1.89. The van der Waals surface area contributed by atoms with Crippen LogP contribution >= 0.6 is 0 Å². The number of benzene rings is 1. The molecule has 0 saturated heterocycles. The minimum atomic E-state index is 0.683. The van der Waals surface area contributed by atoms with Gasteiger partial charge in [0.25, 0.3) is 0 Å². The number of nitrogens with zero attached hydrogens (tertiary/aromatic N) is 2. The summed E-state index contributed by atoms with van der Waals surface area (Å²) in [5.74, 6) is 0. The number of aryl methyl sites for hydroxylation is 2. The number of aliphatic imine (C=N–C) groups is 1. The van der Waals surface area contributed by atoms with Crippen LogP contribution in [0.25, 0.3) is 10.9 Å². The predicted molar refractivity (Wildman–Crippen MR) is 64.4 cm³/mol. The van der Waals surface area contributed by atoms with E-state index >= 15 is 0 Å². The van der Waals surface area contributed by atoms with E-state index in [1.807, 2.05) is 25.3 Å². The molecular weight excluding hydrogens is 200 g/mol. The van der Waals surface area contributed by atoms with Gasteiger partial charge in [-0.15, -0.1) is 0 Å². The Morgan fingerprint density at radius 3 is 3.00 bits per heavy atom. The second-order valence-corrected chi connectivity index (χ2v) is 3.78. The largest absolute Gasteiger partial charge is 0.345 e. The molecule has 0 unspecified atom stereocenters. The van der Waals surface area contributed by atoms with Crippen molar-refractivity contribution in [3.63, 3.8) is 0 Å². The van der Waals surface area contributed by atoms with Crippen molar-refractivity contribution in [2.24, 2.45) is 4.99 Å². The Kier molecular flexibility index (Phi) is 2.88. The van der Waals surface area contributed by atoms with Gasteiger partial charge in [-0.05, 0) is 25.5 Å². The third-order valence-corrected chi connectivity index (χ3v) is 2.58. The molecule has 0 N–H and O–H groups in total. The molecule has 1 aromatic heterocycles. The molecule has 0 atom stereocenters. The van der Waals surface area contributed by atoms with E-state index in [4.69, 9.17) is 0 Å². The summed E-state index contributed by atoms with van der Waals surface area (Å²) in [5.41, 5.74) is 2.92. The summed E-state index contributed by atoms with van der Waals surface area (Å²) in [6.45, 7) is 6.68. The number of hydrogen-bond acceptors (Lipinski definition) is 2. The van der Waals surface area contributed by atoms with Gasteiger partial charge in [-0.25, -0.2) is 4.79 Å². The van der Waals surface area contributed by atoms with Crippen LogP contribution < -0.4 is 0 Å². The van der Waals surface area contributed by atoms with Gasteiger partial charge >= 0.3 is 0 Å². The Labute approximate surface area is 94.4 Å². The molecule has 0 aliphatic carbocycles. The van der Waals surface area contributed by atoms with Crippen molar-refractivity contribution in [3.8, 4) is 0 Å². The third kappa shape index (κ3) is 1.77. The smallest absolute Gasteiger partial charge is 0.240 e. The van der Waals surface area contributed by atoms with Crippen LogP contribution in [0.3, 0.4) is 0 Å². The maximum absolute atomic E-state index is 10.4. The first-order valence-electron chi connectivity index (χ1n) is 5.23. The zero-order valence-corrected chi connectivity index (χ0v) is 9.23. The first kappa shape index (κ1) is 10.7. The molecule has 0 saturated carbocycles.